The van der Waals surface area contributed by atoms with Crippen molar-refractivity contribution in [1.29, 1.82) is 0 Å². The van der Waals surface area contributed by atoms with Crippen molar-refractivity contribution in [2.45, 2.75) is 134 Å². The van der Waals surface area contributed by atoms with E-state index < -0.39 is 35.7 Å². The number of benzene rings is 1. The largest absolute Gasteiger partial charge is 0.508 e. The van der Waals surface area contributed by atoms with E-state index in [1.807, 2.05) is 19.1 Å². The van der Waals surface area contributed by atoms with Crippen molar-refractivity contribution in [3.63, 3.8) is 0 Å². The highest BCUT2D eigenvalue weighted by Gasteiger charge is 2.63. The van der Waals surface area contributed by atoms with E-state index in [2.05, 4.69) is 18.9 Å². The minimum absolute atomic E-state index is 0.122. The molecule has 0 aromatic heterocycles. The third-order valence-corrected chi connectivity index (χ3v) is 11.5. The molecule has 0 bridgehead atoms. The summed E-state index contributed by atoms with van der Waals surface area (Å²) in [6.07, 6.45) is 1.95. The van der Waals surface area contributed by atoms with Crippen molar-refractivity contribution < 1.29 is 36.6 Å². The topological polar surface area (TPSA) is 43.7 Å². The standard InChI is InChI=1S/C34H51F6NO2/c1-31-22-28(35)30-26-14-13-25(42)21-24(26)20-23(29(30)27(31)15-17-32(31,2)43)12-8-7-11-19-41(3)18-10-6-4-5-9-16-33(36,37)34(38,39)40/h13-14,21,23,27-30,42-43H,4-12,15-20,22H2,1-3H3/t23-,27+,28+,29?,30+,31+,32+/m1/s1. The molecule has 2 fully saturated rings. The summed E-state index contributed by atoms with van der Waals surface area (Å²) >= 11 is 0. The number of phenolic OH excluding ortho intramolecular Hbond substituents is 1. The number of aliphatic hydroxyl groups is 1. The first-order valence-electron chi connectivity index (χ1n) is 16.4. The van der Waals surface area contributed by atoms with Gasteiger partial charge in [-0.25, -0.2) is 4.39 Å². The molecule has 43 heavy (non-hydrogen) atoms. The van der Waals surface area contributed by atoms with Crippen LogP contribution in [0.2, 0.25) is 0 Å². The average molecular weight is 620 g/mol. The van der Waals surface area contributed by atoms with Gasteiger partial charge in [0.15, 0.2) is 0 Å². The van der Waals surface area contributed by atoms with E-state index in [9.17, 15) is 32.2 Å². The molecule has 7 atom stereocenters. The van der Waals surface area contributed by atoms with Crippen LogP contribution in [0.25, 0.3) is 0 Å². The first kappa shape index (κ1) is 34.4. The van der Waals surface area contributed by atoms with Crippen LogP contribution in [0.15, 0.2) is 18.2 Å². The van der Waals surface area contributed by atoms with Gasteiger partial charge in [0.2, 0.25) is 0 Å². The molecule has 246 valence electrons. The first-order valence-corrected chi connectivity index (χ1v) is 16.4. The SMILES string of the molecule is CN(CCCCCCCC(F)(F)C(F)(F)F)CCCCC[C@@H]1Cc2cc(O)ccc2[C@@H]2C1[C@@H]1CC[C@](C)(O)[C@@]1(C)C[C@@H]2F. The van der Waals surface area contributed by atoms with Gasteiger partial charge in [-0.3, -0.25) is 0 Å². The number of hydrogen-bond acceptors (Lipinski definition) is 3. The normalized spacial score (nSPS) is 32.5. The maximum absolute atomic E-state index is 16.1. The smallest absolute Gasteiger partial charge is 0.453 e. The first-order chi connectivity index (χ1) is 20.1. The number of nitrogens with zero attached hydrogens (tertiary/aromatic N) is 1. The number of phenols is 1. The van der Waals surface area contributed by atoms with Gasteiger partial charge in [0.05, 0.1) is 5.60 Å². The predicted molar refractivity (Wildman–Crippen MR) is 157 cm³/mol. The van der Waals surface area contributed by atoms with Gasteiger partial charge in [-0.1, -0.05) is 45.1 Å². The summed E-state index contributed by atoms with van der Waals surface area (Å²) in [6, 6.07) is 5.41. The molecule has 1 unspecified atom stereocenters. The van der Waals surface area contributed by atoms with Crippen molar-refractivity contribution in [2.75, 3.05) is 20.1 Å². The molecule has 0 aliphatic heterocycles. The molecule has 9 heteroatoms. The fourth-order valence-corrected chi connectivity index (χ4v) is 8.76. The molecule has 3 nitrogen and oxygen atoms in total. The van der Waals surface area contributed by atoms with E-state index >= 15 is 4.39 Å². The Balaban J connectivity index is 1.21. The lowest BCUT2D eigenvalue weighted by Crippen LogP contribution is -2.54. The van der Waals surface area contributed by atoms with Gasteiger partial charge < -0.3 is 15.1 Å². The van der Waals surface area contributed by atoms with Crippen LogP contribution < -0.4 is 0 Å². The number of fused-ring (bicyclic) bond motifs is 5. The highest BCUT2D eigenvalue weighted by atomic mass is 19.4. The minimum atomic E-state index is -5.46. The molecule has 2 saturated carbocycles. The van der Waals surface area contributed by atoms with Crippen molar-refractivity contribution in [2.24, 2.45) is 23.2 Å². The second-order valence-electron chi connectivity index (χ2n) is 14.4. The van der Waals surface area contributed by atoms with E-state index in [1.54, 1.807) is 6.07 Å². The Bertz CT molecular complexity index is 1060. The number of rotatable bonds is 14. The summed E-state index contributed by atoms with van der Waals surface area (Å²) in [4.78, 5) is 2.24. The molecule has 0 spiro atoms. The van der Waals surface area contributed by atoms with Gasteiger partial charge in [-0.2, -0.15) is 22.0 Å². The molecule has 0 saturated heterocycles. The summed E-state index contributed by atoms with van der Waals surface area (Å²) in [5, 5.41) is 21.4. The van der Waals surface area contributed by atoms with Crippen LogP contribution >= 0.6 is 0 Å². The lowest BCUT2D eigenvalue weighted by Gasteiger charge is -2.56. The number of alkyl halides is 6. The molecule has 4 rings (SSSR count). The summed E-state index contributed by atoms with van der Waals surface area (Å²) in [5.74, 6) is -3.79. The van der Waals surface area contributed by atoms with Crippen molar-refractivity contribution >= 4 is 0 Å². The van der Waals surface area contributed by atoms with E-state index in [4.69, 9.17) is 0 Å². The quantitative estimate of drug-likeness (QED) is 0.161. The fourth-order valence-electron chi connectivity index (χ4n) is 8.76. The predicted octanol–water partition coefficient (Wildman–Crippen LogP) is 9.20. The monoisotopic (exact) mass is 619 g/mol. The van der Waals surface area contributed by atoms with Crippen molar-refractivity contribution in [1.82, 2.24) is 4.90 Å². The van der Waals surface area contributed by atoms with Crippen molar-refractivity contribution in [3.05, 3.63) is 29.3 Å². The summed E-state index contributed by atoms with van der Waals surface area (Å²) in [7, 11) is 2.05. The number of aromatic hydroxyl groups is 1. The molecule has 1 aromatic carbocycles. The Morgan fingerprint density at radius 3 is 2.23 bits per heavy atom. The lowest BCUT2D eigenvalue weighted by molar-refractivity contribution is -0.284. The van der Waals surface area contributed by atoms with Gasteiger partial charge in [-0.05, 0) is 119 Å². The van der Waals surface area contributed by atoms with Gasteiger partial charge in [0, 0.05) is 17.8 Å². The van der Waals surface area contributed by atoms with Crippen LogP contribution in [0.1, 0.15) is 114 Å². The van der Waals surface area contributed by atoms with E-state index in [1.165, 1.54) is 0 Å². The van der Waals surface area contributed by atoms with Crippen LogP contribution in [-0.4, -0.2) is 59.1 Å². The molecule has 3 aliphatic carbocycles. The maximum atomic E-state index is 16.1. The Morgan fingerprint density at radius 1 is 0.930 bits per heavy atom. The molecule has 0 amide bonds. The zero-order chi connectivity index (χ0) is 31.6. The Labute approximate surface area is 253 Å². The lowest BCUT2D eigenvalue weighted by atomic mass is 9.50. The highest BCUT2D eigenvalue weighted by Crippen LogP contribution is 2.66. The minimum Gasteiger partial charge on any atom is -0.508 e. The maximum Gasteiger partial charge on any atom is 0.453 e. The van der Waals surface area contributed by atoms with Crippen LogP contribution in [-0.2, 0) is 6.42 Å². The summed E-state index contributed by atoms with van der Waals surface area (Å²) in [6.45, 7) is 5.78. The molecule has 3 aliphatic rings. The Hall–Kier alpha value is -1.48. The second kappa shape index (κ2) is 13.5. The average Bonchev–Trinajstić information content (AvgIpc) is 3.14. The zero-order valence-electron chi connectivity index (χ0n) is 26.0. The molecule has 1 aromatic rings. The van der Waals surface area contributed by atoms with Gasteiger partial charge >= 0.3 is 12.1 Å². The molecule has 0 heterocycles. The van der Waals surface area contributed by atoms with Crippen LogP contribution in [0.3, 0.4) is 0 Å². The van der Waals surface area contributed by atoms with Crippen LogP contribution in [0.5, 0.6) is 5.75 Å². The number of unbranched alkanes of at least 4 members (excludes halogenated alkanes) is 6. The molecular formula is C34H51F6NO2. The molecule has 0 radical (unpaired) electrons. The van der Waals surface area contributed by atoms with E-state index in [0.717, 1.165) is 75.6 Å². The van der Waals surface area contributed by atoms with E-state index in [-0.39, 0.29) is 29.9 Å². The highest BCUT2D eigenvalue weighted by molar-refractivity contribution is 5.41. The molecule has 2 N–H and O–H groups in total. The van der Waals surface area contributed by atoms with E-state index in [0.29, 0.717) is 31.6 Å². The molecular weight excluding hydrogens is 568 g/mol. The second-order valence-corrected chi connectivity index (χ2v) is 14.4. The third kappa shape index (κ3) is 7.50. The third-order valence-electron chi connectivity index (χ3n) is 11.5. The summed E-state index contributed by atoms with van der Waals surface area (Å²) in [5.41, 5.74) is 0.813. The van der Waals surface area contributed by atoms with Gasteiger partial charge in [0.1, 0.15) is 11.9 Å². The zero-order valence-corrected chi connectivity index (χ0v) is 26.0. The number of halogens is 6. The van der Waals surface area contributed by atoms with Crippen molar-refractivity contribution in [3.8, 4) is 5.75 Å². The van der Waals surface area contributed by atoms with Crippen LogP contribution in [0.4, 0.5) is 26.3 Å². The van der Waals surface area contributed by atoms with Gasteiger partial charge in [0.25, 0.3) is 0 Å². The summed E-state index contributed by atoms with van der Waals surface area (Å²) < 4.78 is 78.8. The Morgan fingerprint density at radius 2 is 1.56 bits per heavy atom. The Kier molecular flexibility index (Phi) is 10.8. The van der Waals surface area contributed by atoms with Crippen LogP contribution in [0, 0.1) is 23.2 Å². The number of hydrogen-bond donors (Lipinski definition) is 2. The fraction of sp³-hybridized carbons (Fsp3) is 0.824. The van der Waals surface area contributed by atoms with Gasteiger partial charge in [-0.15, -0.1) is 0 Å².